The van der Waals surface area contributed by atoms with Crippen LogP contribution in [0.4, 0.5) is 4.39 Å². The summed E-state index contributed by atoms with van der Waals surface area (Å²) < 4.78 is 14.1. The van der Waals surface area contributed by atoms with Gasteiger partial charge in [0, 0.05) is 0 Å². The standard InChI is InChI=1S/C16H21ClFNO2/c1-9(2)11-7-12(15(17)13(18)8-11)14(16(20)21)10-3-5-19-6-4-10/h7-10,14,19H,3-6H2,1-2H3,(H,20,21)/t14-/m0/s1. The van der Waals surface area contributed by atoms with Crippen LogP contribution in [0.3, 0.4) is 0 Å². The molecule has 0 bridgehead atoms. The van der Waals surface area contributed by atoms with Gasteiger partial charge in [-0.05, 0) is 55.0 Å². The van der Waals surface area contributed by atoms with Gasteiger partial charge in [-0.3, -0.25) is 4.79 Å². The Labute approximate surface area is 129 Å². The zero-order valence-electron chi connectivity index (χ0n) is 12.3. The average molecular weight is 314 g/mol. The maximum Gasteiger partial charge on any atom is 0.311 e. The Balaban J connectivity index is 2.46. The molecule has 0 amide bonds. The van der Waals surface area contributed by atoms with E-state index >= 15 is 0 Å². The minimum Gasteiger partial charge on any atom is -0.481 e. The van der Waals surface area contributed by atoms with E-state index in [1.807, 2.05) is 13.8 Å². The van der Waals surface area contributed by atoms with Crippen molar-refractivity contribution in [3.63, 3.8) is 0 Å². The number of piperidine rings is 1. The number of hydrogen-bond donors (Lipinski definition) is 2. The summed E-state index contributed by atoms with van der Waals surface area (Å²) >= 11 is 6.07. The number of carboxylic acid groups (broad SMARTS) is 1. The topological polar surface area (TPSA) is 49.3 Å². The van der Waals surface area contributed by atoms with E-state index < -0.39 is 17.7 Å². The van der Waals surface area contributed by atoms with Gasteiger partial charge in [0.05, 0.1) is 10.9 Å². The van der Waals surface area contributed by atoms with Crippen molar-refractivity contribution >= 4 is 17.6 Å². The van der Waals surface area contributed by atoms with Crippen LogP contribution < -0.4 is 5.32 Å². The molecule has 1 fully saturated rings. The Morgan fingerprint density at radius 2 is 2.00 bits per heavy atom. The van der Waals surface area contributed by atoms with Crippen LogP contribution in [-0.4, -0.2) is 24.2 Å². The molecule has 1 atom stereocenters. The van der Waals surface area contributed by atoms with Gasteiger partial charge in [-0.25, -0.2) is 4.39 Å². The summed E-state index contributed by atoms with van der Waals surface area (Å²) in [5.41, 5.74) is 1.20. The van der Waals surface area contributed by atoms with Gasteiger partial charge < -0.3 is 10.4 Å². The monoisotopic (exact) mass is 313 g/mol. The molecule has 3 nitrogen and oxygen atoms in total. The fourth-order valence-corrected chi connectivity index (χ4v) is 3.18. The van der Waals surface area contributed by atoms with Gasteiger partial charge in [0.25, 0.3) is 0 Å². The highest BCUT2D eigenvalue weighted by Gasteiger charge is 2.33. The Bertz CT molecular complexity index is 527. The van der Waals surface area contributed by atoms with Crippen molar-refractivity contribution in [2.45, 2.75) is 38.5 Å². The summed E-state index contributed by atoms with van der Waals surface area (Å²) in [5.74, 6) is -2.09. The fraction of sp³-hybridized carbons (Fsp3) is 0.562. The van der Waals surface area contributed by atoms with Crippen molar-refractivity contribution in [1.82, 2.24) is 5.32 Å². The molecule has 21 heavy (non-hydrogen) atoms. The molecule has 1 aromatic rings. The molecule has 1 aliphatic rings. The number of nitrogens with one attached hydrogen (secondary N) is 1. The average Bonchev–Trinajstić information content (AvgIpc) is 2.44. The van der Waals surface area contributed by atoms with Crippen LogP contribution in [0.15, 0.2) is 12.1 Å². The van der Waals surface area contributed by atoms with Crippen molar-refractivity contribution in [2.24, 2.45) is 5.92 Å². The molecule has 0 spiro atoms. The fourth-order valence-electron chi connectivity index (χ4n) is 2.96. The zero-order valence-corrected chi connectivity index (χ0v) is 13.1. The van der Waals surface area contributed by atoms with Gasteiger partial charge in [0.2, 0.25) is 0 Å². The number of benzene rings is 1. The minimum atomic E-state index is -0.927. The van der Waals surface area contributed by atoms with Crippen molar-refractivity contribution in [2.75, 3.05) is 13.1 Å². The number of halogens is 2. The van der Waals surface area contributed by atoms with Gasteiger partial charge in [0.1, 0.15) is 5.82 Å². The molecule has 0 saturated carbocycles. The molecular weight excluding hydrogens is 293 g/mol. The van der Waals surface area contributed by atoms with Gasteiger partial charge in [-0.1, -0.05) is 31.5 Å². The second-order valence-corrected chi connectivity index (χ2v) is 6.34. The highest BCUT2D eigenvalue weighted by atomic mass is 35.5. The van der Waals surface area contributed by atoms with Gasteiger partial charge in [-0.2, -0.15) is 0 Å². The van der Waals surface area contributed by atoms with Crippen LogP contribution >= 0.6 is 11.6 Å². The highest BCUT2D eigenvalue weighted by Crippen LogP contribution is 2.38. The van der Waals surface area contributed by atoms with E-state index in [1.54, 1.807) is 6.07 Å². The van der Waals surface area contributed by atoms with E-state index in [4.69, 9.17) is 11.6 Å². The van der Waals surface area contributed by atoms with E-state index in [0.29, 0.717) is 5.56 Å². The number of hydrogen-bond acceptors (Lipinski definition) is 2. The van der Waals surface area contributed by atoms with E-state index in [1.165, 1.54) is 6.07 Å². The molecule has 0 unspecified atom stereocenters. The van der Waals surface area contributed by atoms with Crippen molar-refractivity contribution < 1.29 is 14.3 Å². The Morgan fingerprint density at radius 3 is 2.52 bits per heavy atom. The lowest BCUT2D eigenvalue weighted by Gasteiger charge is -2.29. The van der Waals surface area contributed by atoms with Gasteiger partial charge in [0.15, 0.2) is 0 Å². The highest BCUT2D eigenvalue weighted by molar-refractivity contribution is 6.31. The molecule has 1 aliphatic heterocycles. The summed E-state index contributed by atoms with van der Waals surface area (Å²) in [6.07, 6.45) is 1.53. The molecule has 2 rings (SSSR count). The molecule has 0 radical (unpaired) electrons. The molecular formula is C16H21ClFNO2. The summed E-state index contributed by atoms with van der Waals surface area (Å²) in [6, 6.07) is 3.16. The van der Waals surface area contributed by atoms with Crippen LogP contribution in [0.25, 0.3) is 0 Å². The maximum atomic E-state index is 14.1. The summed E-state index contributed by atoms with van der Waals surface area (Å²) in [4.78, 5) is 11.7. The predicted molar refractivity (Wildman–Crippen MR) is 81.5 cm³/mol. The molecule has 116 valence electrons. The smallest absolute Gasteiger partial charge is 0.311 e. The Hall–Kier alpha value is -1.13. The van der Waals surface area contributed by atoms with Crippen molar-refractivity contribution in [3.8, 4) is 0 Å². The maximum absolute atomic E-state index is 14.1. The van der Waals surface area contributed by atoms with Gasteiger partial charge >= 0.3 is 5.97 Å². The first-order valence-electron chi connectivity index (χ1n) is 7.34. The third-order valence-corrected chi connectivity index (χ3v) is 4.60. The van der Waals surface area contributed by atoms with Gasteiger partial charge in [-0.15, -0.1) is 0 Å². The largest absolute Gasteiger partial charge is 0.481 e. The number of carbonyl (C=O) groups is 1. The lowest BCUT2D eigenvalue weighted by molar-refractivity contribution is -0.140. The third-order valence-electron chi connectivity index (χ3n) is 4.20. The molecule has 2 N–H and O–H groups in total. The van der Waals surface area contributed by atoms with E-state index in [9.17, 15) is 14.3 Å². The van der Waals surface area contributed by atoms with Crippen LogP contribution in [0.1, 0.15) is 49.7 Å². The quantitative estimate of drug-likeness (QED) is 0.889. The Kier molecular flexibility index (Phi) is 5.22. The van der Waals surface area contributed by atoms with Crippen molar-refractivity contribution in [1.29, 1.82) is 0 Å². The molecule has 0 aromatic heterocycles. The van der Waals surface area contributed by atoms with Crippen molar-refractivity contribution in [3.05, 3.63) is 34.1 Å². The lowest BCUT2D eigenvalue weighted by atomic mass is 9.79. The van der Waals surface area contributed by atoms with Crippen LogP contribution in [0.5, 0.6) is 0 Å². The summed E-state index contributed by atoms with van der Waals surface area (Å²) in [7, 11) is 0. The predicted octanol–water partition coefficient (Wildman–Crippen LogP) is 3.77. The summed E-state index contributed by atoms with van der Waals surface area (Å²) in [6.45, 7) is 5.48. The molecule has 0 aliphatic carbocycles. The number of carboxylic acids is 1. The first-order valence-corrected chi connectivity index (χ1v) is 7.72. The van der Waals surface area contributed by atoms with Crippen LogP contribution in [-0.2, 0) is 4.79 Å². The summed E-state index contributed by atoms with van der Waals surface area (Å²) in [5, 5.41) is 12.8. The number of rotatable bonds is 4. The second kappa shape index (κ2) is 6.75. The number of aliphatic carboxylic acids is 1. The second-order valence-electron chi connectivity index (χ2n) is 5.96. The molecule has 1 heterocycles. The minimum absolute atomic E-state index is 0.0111. The first-order chi connectivity index (χ1) is 9.91. The SMILES string of the molecule is CC(C)c1cc(F)c(Cl)c([C@@H](C(=O)O)C2CCNCC2)c1. The normalized spacial score (nSPS) is 18.0. The first kappa shape index (κ1) is 16.2. The molecule has 5 heteroatoms. The Morgan fingerprint density at radius 1 is 1.38 bits per heavy atom. The lowest BCUT2D eigenvalue weighted by Crippen LogP contribution is -2.33. The van der Waals surface area contributed by atoms with E-state index in [0.717, 1.165) is 31.5 Å². The van der Waals surface area contributed by atoms with Crippen LogP contribution in [0, 0.1) is 11.7 Å². The van der Waals surface area contributed by atoms with Crippen LogP contribution in [0.2, 0.25) is 5.02 Å². The molecule has 1 saturated heterocycles. The van der Waals surface area contributed by atoms with E-state index in [-0.39, 0.29) is 16.9 Å². The zero-order chi connectivity index (χ0) is 15.6. The van der Waals surface area contributed by atoms with E-state index in [2.05, 4.69) is 5.32 Å². The molecule has 1 aromatic carbocycles. The third kappa shape index (κ3) is 3.55.